The van der Waals surface area contributed by atoms with Crippen molar-refractivity contribution in [3.8, 4) is 10.6 Å². The van der Waals surface area contributed by atoms with Crippen molar-refractivity contribution in [1.82, 2.24) is 19.9 Å². The molecule has 10 heteroatoms. The highest BCUT2D eigenvalue weighted by atomic mass is 32.1. The number of amides is 1. The molecule has 0 radical (unpaired) electrons. The first kappa shape index (κ1) is 18.9. The molecular formula is C18H17F3N4O2S. The first-order valence-corrected chi connectivity index (χ1v) is 9.65. The van der Waals surface area contributed by atoms with Crippen LogP contribution in [0.15, 0.2) is 29.6 Å². The van der Waals surface area contributed by atoms with Gasteiger partial charge in [-0.3, -0.25) is 4.79 Å². The lowest BCUT2D eigenvalue weighted by Crippen LogP contribution is -2.41. The molecule has 2 atom stereocenters. The molecule has 3 aromatic rings. The van der Waals surface area contributed by atoms with Gasteiger partial charge in [0.2, 0.25) is 0 Å². The third-order valence-electron chi connectivity index (χ3n) is 4.61. The summed E-state index contributed by atoms with van der Waals surface area (Å²) in [6.07, 6.45) is -2.99. The highest BCUT2D eigenvalue weighted by Crippen LogP contribution is 2.33. The first-order valence-electron chi connectivity index (χ1n) is 8.77. The predicted molar refractivity (Wildman–Crippen MR) is 97.2 cm³/mol. The van der Waals surface area contributed by atoms with Gasteiger partial charge in [-0.2, -0.15) is 18.3 Å². The second-order valence-corrected chi connectivity index (χ2v) is 7.56. The van der Waals surface area contributed by atoms with E-state index in [4.69, 9.17) is 4.74 Å². The Morgan fingerprint density at radius 2 is 2.25 bits per heavy atom. The van der Waals surface area contributed by atoms with Crippen molar-refractivity contribution in [2.75, 3.05) is 6.61 Å². The summed E-state index contributed by atoms with van der Waals surface area (Å²) in [5.74, 6) is -0.556. The fourth-order valence-corrected chi connectivity index (χ4v) is 3.89. The van der Waals surface area contributed by atoms with Gasteiger partial charge < -0.3 is 10.1 Å². The van der Waals surface area contributed by atoms with Crippen molar-refractivity contribution in [1.29, 1.82) is 0 Å². The van der Waals surface area contributed by atoms with Crippen molar-refractivity contribution >= 4 is 22.9 Å². The Morgan fingerprint density at radius 3 is 2.89 bits per heavy atom. The van der Waals surface area contributed by atoms with Crippen molar-refractivity contribution in [2.45, 2.75) is 38.1 Å². The Kier molecular flexibility index (Phi) is 4.84. The summed E-state index contributed by atoms with van der Waals surface area (Å²) in [7, 11) is 0. The predicted octanol–water partition coefficient (Wildman–Crippen LogP) is 3.77. The van der Waals surface area contributed by atoms with Crippen molar-refractivity contribution < 1.29 is 22.7 Å². The molecule has 0 spiro atoms. The largest absolute Gasteiger partial charge is 0.433 e. The highest BCUT2D eigenvalue weighted by Gasteiger charge is 2.36. The number of carbonyl (C=O) groups is 1. The third kappa shape index (κ3) is 3.61. The molecule has 1 aliphatic heterocycles. The standard InChI is InChI=1S/C18H17F3N4O2S/c1-10(13-4-2-6-27-13)22-17(26)12-9-16-23-11(14-5-3-7-28-14)8-15(18(19,20)21)25(16)24-12/h3,5,7-10,13H,2,4,6H2,1H3,(H,22,26). The molecule has 28 heavy (non-hydrogen) atoms. The van der Waals surface area contributed by atoms with E-state index < -0.39 is 17.8 Å². The van der Waals surface area contributed by atoms with E-state index in [1.165, 1.54) is 17.4 Å². The van der Waals surface area contributed by atoms with Gasteiger partial charge in [0.1, 0.15) is 0 Å². The monoisotopic (exact) mass is 410 g/mol. The van der Waals surface area contributed by atoms with Crippen molar-refractivity contribution in [3.05, 3.63) is 41.0 Å². The SMILES string of the molecule is CC(NC(=O)c1cc2nc(-c3cccs3)cc(C(F)(F)F)n2n1)C1CCCO1. The van der Waals surface area contributed by atoms with E-state index in [2.05, 4.69) is 15.4 Å². The van der Waals surface area contributed by atoms with Crippen LogP contribution in [-0.4, -0.2) is 39.3 Å². The fourth-order valence-electron chi connectivity index (χ4n) is 3.21. The lowest BCUT2D eigenvalue weighted by Gasteiger charge is -2.19. The average Bonchev–Trinajstić information content (AvgIpc) is 3.40. The van der Waals surface area contributed by atoms with E-state index in [1.807, 2.05) is 0 Å². The number of hydrogen-bond donors (Lipinski definition) is 1. The van der Waals surface area contributed by atoms with E-state index in [9.17, 15) is 18.0 Å². The zero-order valence-corrected chi connectivity index (χ0v) is 15.7. The van der Waals surface area contributed by atoms with Crippen molar-refractivity contribution in [2.24, 2.45) is 0 Å². The van der Waals surface area contributed by atoms with Crippen molar-refractivity contribution in [3.63, 3.8) is 0 Å². The van der Waals surface area contributed by atoms with E-state index in [0.717, 1.165) is 18.9 Å². The quantitative estimate of drug-likeness (QED) is 0.711. The Morgan fingerprint density at radius 1 is 1.43 bits per heavy atom. The molecule has 1 aliphatic rings. The first-order chi connectivity index (χ1) is 13.3. The lowest BCUT2D eigenvalue weighted by atomic mass is 10.1. The zero-order valence-electron chi connectivity index (χ0n) is 14.9. The number of nitrogens with zero attached hydrogens (tertiary/aromatic N) is 3. The summed E-state index contributed by atoms with van der Waals surface area (Å²) in [5, 5.41) is 8.38. The fraction of sp³-hybridized carbons (Fsp3) is 0.389. The van der Waals surface area contributed by atoms with Crippen LogP contribution in [-0.2, 0) is 10.9 Å². The molecule has 4 rings (SSSR count). The Hall–Kier alpha value is -2.46. The second kappa shape index (κ2) is 7.17. The zero-order chi connectivity index (χ0) is 19.9. The van der Waals surface area contributed by atoms with Gasteiger partial charge in [-0.1, -0.05) is 6.07 Å². The number of carbonyl (C=O) groups excluding carboxylic acids is 1. The lowest BCUT2D eigenvalue weighted by molar-refractivity contribution is -0.142. The molecule has 1 fully saturated rings. The van der Waals surface area contributed by atoms with Crippen LogP contribution in [0.3, 0.4) is 0 Å². The molecule has 1 saturated heterocycles. The molecule has 148 valence electrons. The summed E-state index contributed by atoms with van der Waals surface area (Å²) in [5.41, 5.74) is -0.944. The minimum atomic E-state index is -4.64. The number of alkyl halides is 3. The summed E-state index contributed by atoms with van der Waals surface area (Å²) in [6, 6.07) is 5.38. The van der Waals surface area contributed by atoms with Gasteiger partial charge in [-0.15, -0.1) is 11.3 Å². The molecule has 1 amide bonds. The van der Waals surface area contributed by atoms with Crippen LogP contribution in [0.4, 0.5) is 13.2 Å². The maximum absolute atomic E-state index is 13.6. The molecule has 0 bridgehead atoms. The number of hydrogen-bond acceptors (Lipinski definition) is 5. The van der Waals surface area contributed by atoms with Crippen LogP contribution in [0.2, 0.25) is 0 Å². The Bertz CT molecular complexity index is 994. The van der Waals surface area contributed by atoms with Crippen LogP contribution in [0, 0.1) is 0 Å². The second-order valence-electron chi connectivity index (χ2n) is 6.61. The average molecular weight is 410 g/mol. The minimum Gasteiger partial charge on any atom is -0.376 e. The number of ether oxygens (including phenoxy) is 1. The Labute approximate surface area is 162 Å². The number of thiophene rings is 1. The van der Waals surface area contributed by atoms with Gasteiger partial charge in [-0.25, -0.2) is 9.50 Å². The third-order valence-corrected chi connectivity index (χ3v) is 5.50. The normalized spacial score (nSPS) is 18.5. The van der Waals surface area contributed by atoms with Gasteiger partial charge >= 0.3 is 6.18 Å². The van der Waals surface area contributed by atoms with Crippen LogP contribution in [0.25, 0.3) is 16.2 Å². The smallest absolute Gasteiger partial charge is 0.376 e. The van der Waals surface area contributed by atoms with Crippen LogP contribution in [0.1, 0.15) is 35.9 Å². The molecule has 0 saturated carbocycles. The maximum atomic E-state index is 13.6. The number of aromatic nitrogens is 3. The molecule has 4 heterocycles. The van der Waals surface area contributed by atoms with Gasteiger partial charge in [0.05, 0.1) is 22.7 Å². The summed E-state index contributed by atoms with van der Waals surface area (Å²) in [4.78, 5) is 17.4. The topological polar surface area (TPSA) is 68.5 Å². The van der Waals surface area contributed by atoms with Gasteiger partial charge in [0.25, 0.3) is 5.91 Å². The van der Waals surface area contributed by atoms with Gasteiger partial charge in [0.15, 0.2) is 17.0 Å². The highest BCUT2D eigenvalue weighted by molar-refractivity contribution is 7.13. The molecule has 0 aliphatic carbocycles. The molecule has 2 unspecified atom stereocenters. The van der Waals surface area contributed by atoms with Gasteiger partial charge in [-0.05, 0) is 37.3 Å². The van der Waals surface area contributed by atoms with E-state index in [0.29, 0.717) is 16.0 Å². The minimum absolute atomic E-state index is 0.0341. The van der Waals surface area contributed by atoms with E-state index in [-0.39, 0.29) is 29.2 Å². The van der Waals surface area contributed by atoms with Gasteiger partial charge in [0, 0.05) is 12.7 Å². The van der Waals surface area contributed by atoms with E-state index >= 15 is 0 Å². The maximum Gasteiger partial charge on any atom is 0.433 e. The number of halogens is 3. The molecule has 6 nitrogen and oxygen atoms in total. The molecule has 0 aromatic carbocycles. The Balaban J connectivity index is 1.70. The molecule has 1 N–H and O–H groups in total. The summed E-state index contributed by atoms with van der Waals surface area (Å²) in [6.45, 7) is 2.45. The number of nitrogens with one attached hydrogen (secondary N) is 1. The van der Waals surface area contributed by atoms with Crippen LogP contribution >= 0.6 is 11.3 Å². The van der Waals surface area contributed by atoms with E-state index in [1.54, 1.807) is 24.4 Å². The van der Waals surface area contributed by atoms with Crippen LogP contribution < -0.4 is 5.32 Å². The van der Waals surface area contributed by atoms with Crippen LogP contribution in [0.5, 0.6) is 0 Å². The summed E-state index contributed by atoms with van der Waals surface area (Å²) >= 11 is 1.29. The number of fused-ring (bicyclic) bond motifs is 1. The summed E-state index contributed by atoms with van der Waals surface area (Å²) < 4.78 is 46.9. The molecule has 3 aromatic heterocycles. The number of rotatable bonds is 4. The molecular weight excluding hydrogens is 393 g/mol.